The van der Waals surface area contributed by atoms with E-state index in [1.807, 2.05) is 48.5 Å². The average molecular weight is 321 g/mol. The number of aromatic nitrogens is 2. The molecule has 2 aromatic heterocycles. The van der Waals surface area contributed by atoms with Crippen LogP contribution < -0.4 is 0 Å². The first-order valence-electron chi connectivity index (χ1n) is 7.75. The second-order valence-corrected chi connectivity index (χ2v) is 5.68. The normalized spacial score (nSPS) is 12.0. The number of hydrogen-bond donors (Lipinski definition) is 0. The summed E-state index contributed by atoms with van der Waals surface area (Å²) in [5, 5.41) is 3.89. The molecule has 0 saturated carbocycles. The van der Waals surface area contributed by atoms with Gasteiger partial charge in [-0.25, -0.2) is 0 Å². The molecule has 0 radical (unpaired) electrons. The molecule has 5 heteroatoms. The third-order valence-electron chi connectivity index (χ3n) is 4.04. The molecule has 3 aromatic rings. The first kappa shape index (κ1) is 15.9. The largest absolute Gasteiger partial charge is 0.361 e. The van der Waals surface area contributed by atoms with Crippen LogP contribution in [0.1, 0.15) is 39.1 Å². The lowest BCUT2D eigenvalue weighted by Crippen LogP contribution is -2.33. The van der Waals surface area contributed by atoms with Crippen molar-refractivity contribution in [2.45, 2.75) is 19.9 Å². The second-order valence-electron chi connectivity index (χ2n) is 5.68. The second kappa shape index (κ2) is 6.66. The van der Waals surface area contributed by atoms with Gasteiger partial charge in [0.15, 0.2) is 0 Å². The van der Waals surface area contributed by atoms with Gasteiger partial charge in [0.05, 0.1) is 17.4 Å². The minimum atomic E-state index is -0.284. The molecule has 1 amide bonds. The van der Waals surface area contributed by atoms with Crippen molar-refractivity contribution in [2.75, 3.05) is 7.05 Å². The highest BCUT2D eigenvalue weighted by Gasteiger charge is 2.28. The van der Waals surface area contributed by atoms with Gasteiger partial charge < -0.3 is 9.42 Å². The summed E-state index contributed by atoms with van der Waals surface area (Å²) in [5.41, 5.74) is 2.91. The van der Waals surface area contributed by atoms with E-state index in [0.29, 0.717) is 17.0 Å². The smallest absolute Gasteiger partial charge is 0.259 e. The minimum Gasteiger partial charge on any atom is -0.361 e. The lowest BCUT2D eigenvalue weighted by molar-refractivity contribution is 0.0750. The van der Waals surface area contributed by atoms with Gasteiger partial charge in [0.2, 0.25) is 0 Å². The number of carbonyl (C=O) groups is 1. The Morgan fingerprint density at radius 1 is 1.08 bits per heavy atom. The topological polar surface area (TPSA) is 59.2 Å². The number of aryl methyl sites for hydroxylation is 2. The zero-order valence-corrected chi connectivity index (χ0v) is 13.9. The molecule has 0 N–H and O–H groups in total. The predicted octanol–water partition coefficient (Wildman–Crippen LogP) is 3.55. The molecule has 0 aliphatic carbocycles. The van der Waals surface area contributed by atoms with Crippen molar-refractivity contribution in [1.29, 1.82) is 0 Å². The SMILES string of the molecule is Cc1noc(C)c1C(=O)N(C)C(c1ccccc1)c1ccccn1. The Kier molecular flexibility index (Phi) is 4.42. The van der Waals surface area contributed by atoms with Crippen LogP contribution in [0.15, 0.2) is 59.3 Å². The quantitative estimate of drug-likeness (QED) is 0.737. The van der Waals surface area contributed by atoms with Crippen LogP contribution in [0.3, 0.4) is 0 Å². The van der Waals surface area contributed by atoms with Gasteiger partial charge in [-0.2, -0.15) is 0 Å². The zero-order chi connectivity index (χ0) is 17.1. The number of pyridine rings is 1. The Hall–Kier alpha value is -2.95. The maximum absolute atomic E-state index is 13.0. The molecule has 0 aliphatic heterocycles. The van der Waals surface area contributed by atoms with Crippen molar-refractivity contribution in [3.8, 4) is 0 Å². The molecular weight excluding hydrogens is 302 g/mol. The van der Waals surface area contributed by atoms with Crippen molar-refractivity contribution in [3.05, 3.63) is 83.0 Å². The molecular formula is C19H19N3O2. The summed E-state index contributed by atoms with van der Waals surface area (Å²) >= 11 is 0. The van der Waals surface area contributed by atoms with E-state index in [-0.39, 0.29) is 11.9 Å². The molecule has 0 bridgehead atoms. The fourth-order valence-corrected chi connectivity index (χ4v) is 2.85. The molecule has 1 unspecified atom stereocenters. The standard InChI is InChI=1S/C19H19N3O2/c1-13-17(14(2)24-21-13)19(23)22(3)18(15-9-5-4-6-10-15)16-11-7-8-12-20-16/h4-12,18H,1-3H3. The van der Waals surface area contributed by atoms with Crippen molar-refractivity contribution in [1.82, 2.24) is 15.0 Å². The van der Waals surface area contributed by atoms with Gasteiger partial charge in [-0.15, -0.1) is 0 Å². The predicted molar refractivity (Wildman–Crippen MR) is 90.6 cm³/mol. The van der Waals surface area contributed by atoms with Gasteiger partial charge >= 0.3 is 0 Å². The summed E-state index contributed by atoms with van der Waals surface area (Å²) in [7, 11) is 1.78. The Labute approximate surface area is 140 Å². The van der Waals surface area contributed by atoms with E-state index in [4.69, 9.17) is 4.52 Å². The first-order chi connectivity index (χ1) is 11.6. The first-order valence-corrected chi connectivity index (χ1v) is 7.75. The maximum Gasteiger partial charge on any atom is 0.259 e. The number of benzene rings is 1. The third kappa shape index (κ3) is 2.93. The fourth-order valence-electron chi connectivity index (χ4n) is 2.85. The molecule has 0 saturated heterocycles. The van der Waals surface area contributed by atoms with Crippen molar-refractivity contribution >= 4 is 5.91 Å². The molecule has 1 aromatic carbocycles. The van der Waals surface area contributed by atoms with Gasteiger partial charge in [-0.05, 0) is 31.5 Å². The lowest BCUT2D eigenvalue weighted by atomic mass is 10.0. The molecule has 0 fully saturated rings. The van der Waals surface area contributed by atoms with Crippen LogP contribution in [0.4, 0.5) is 0 Å². The highest BCUT2D eigenvalue weighted by atomic mass is 16.5. The minimum absolute atomic E-state index is 0.134. The summed E-state index contributed by atoms with van der Waals surface area (Å²) in [6, 6.07) is 15.3. The van der Waals surface area contributed by atoms with Gasteiger partial charge in [-0.3, -0.25) is 9.78 Å². The van der Waals surface area contributed by atoms with E-state index in [1.165, 1.54) is 0 Å². The van der Waals surface area contributed by atoms with E-state index in [9.17, 15) is 4.79 Å². The van der Waals surface area contributed by atoms with Crippen molar-refractivity contribution < 1.29 is 9.32 Å². The van der Waals surface area contributed by atoms with Crippen molar-refractivity contribution in [2.24, 2.45) is 0 Å². The van der Waals surface area contributed by atoms with Gasteiger partial charge in [0.1, 0.15) is 11.3 Å². The van der Waals surface area contributed by atoms with Gasteiger partial charge in [0, 0.05) is 13.2 Å². The van der Waals surface area contributed by atoms with Crippen LogP contribution in [-0.4, -0.2) is 28.0 Å². The summed E-state index contributed by atoms with van der Waals surface area (Å²) in [5.74, 6) is 0.392. The van der Waals surface area contributed by atoms with Crippen LogP contribution in [0.2, 0.25) is 0 Å². The van der Waals surface area contributed by atoms with E-state index in [2.05, 4.69) is 10.1 Å². The molecule has 0 aliphatic rings. The summed E-state index contributed by atoms with van der Waals surface area (Å²) in [6.07, 6.45) is 1.74. The van der Waals surface area contributed by atoms with E-state index in [0.717, 1.165) is 11.3 Å². The maximum atomic E-state index is 13.0. The van der Waals surface area contributed by atoms with Gasteiger partial charge in [0.25, 0.3) is 5.91 Å². The van der Waals surface area contributed by atoms with Gasteiger partial charge in [-0.1, -0.05) is 41.6 Å². The average Bonchev–Trinajstić information content (AvgIpc) is 2.95. The Bertz CT molecular complexity index is 769. The summed E-state index contributed by atoms with van der Waals surface area (Å²) < 4.78 is 5.14. The molecule has 2 heterocycles. The molecule has 1 atom stereocenters. The molecule has 24 heavy (non-hydrogen) atoms. The zero-order valence-electron chi connectivity index (χ0n) is 13.9. The third-order valence-corrected chi connectivity index (χ3v) is 4.04. The summed E-state index contributed by atoms with van der Waals surface area (Å²) in [6.45, 7) is 3.52. The number of amides is 1. The van der Waals surface area contributed by atoms with E-state index in [1.54, 1.807) is 32.0 Å². The van der Waals surface area contributed by atoms with E-state index >= 15 is 0 Å². The molecule has 3 rings (SSSR count). The number of carbonyl (C=O) groups excluding carboxylic acids is 1. The monoisotopic (exact) mass is 321 g/mol. The molecule has 0 spiro atoms. The highest BCUT2D eigenvalue weighted by molar-refractivity contribution is 5.96. The van der Waals surface area contributed by atoms with Crippen LogP contribution in [0, 0.1) is 13.8 Å². The van der Waals surface area contributed by atoms with Crippen LogP contribution in [0.25, 0.3) is 0 Å². The molecule has 122 valence electrons. The Morgan fingerprint density at radius 3 is 2.38 bits per heavy atom. The highest BCUT2D eigenvalue weighted by Crippen LogP contribution is 2.28. The fraction of sp³-hybridized carbons (Fsp3) is 0.211. The molecule has 5 nitrogen and oxygen atoms in total. The van der Waals surface area contributed by atoms with E-state index < -0.39 is 0 Å². The van der Waals surface area contributed by atoms with Crippen LogP contribution in [-0.2, 0) is 0 Å². The number of rotatable bonds is 4. The summed E-state index contributed by atoms with van der Waals surface area (Å²) in [4.78, 5) is 19.2. The number of nitrogens with zero attached hydrogens (tertiary/aromatic N) is 3. The Balaban J connectivity index is 2.04. The van der Waals surface area contributed by atoms with Crippen LogP contribution in [0.5, 0.6) is 0 Å². The Morgan fingerprint density at radius 2 is 1.79 bits per heavy atom. The van der Waals surface area contributed by atoms with Crippen molar-refractivity contribution in [3.63, 3.8) is 0 Å². The number of hydrogen-bond acceptors (Lipinski definition) is 4. The van der Waals surface area contributed by atoms with Crippen LogP contribution >= 0.6 is 0 Å². The lowest BCUT2D eigenvalue weighted by Gasteiger charge is -2.28.